The summed E-state index contributed by atoms with van der Waals surface area (Å²) in [5.41, 5.74) is 1.71. The second kappa shape index (κ2) is 8.08. The Balaban J connectivity index is 1.60. The lowest BCUT2D eigenvalue weighted by molar-refractivity contribution is -0.120. The van der Waals surface area contributed by atoms with Crippen LogP contribution in [0.25, 0.3) is 5.65 Å². The van der Waals surface area contributed by atoms with Crippen LogP contribution in [0.15, 0.2) is 47.8 Å². The van der Waals surface area contributed by atoms with E-state index in [0.717, 1.165) is 6.42 Å². The molecule has 0 aliphatic rings. The molecular weight excluding hydrogens is 379 g/mol. The molecule has 0 spiro atoms. The zero-order valence-corrected chi connectivity index (χ0v) is 15.8. The van der Waals surface area contributed by atoms with E-state index in [1.165, 1.54) is 17.3 Å². The van der Waals surface area contributed by atoms with Gasteiger partial charge >= 0.3 is 0 Å². The summed E-state index contributed by atoms with van der Waals surface area (Å²) in [5.74, 6) is -0.0502. The van der Waals surface area contributed by atoms with Crippen molar-refractivity contribution in [3.8, 4) is 0 Å². The number of hydrogen-bond acceptors (Lipinski definition) is 4. The predicted molar refractivity (Wildman–Crippen MR) is 101 cm³/mol. The van der Waals surface area contributed by atoms with Crippen molar-refractivity contribution in [3.05, 3.63) is 58.2 Å². The van der Waals surface area contributed by atoms with E-state index in [1.54, 1.807) is 16.7 Å². The number of carbonyl (C=O) groups is 1. The van der Waals surface area contributed by atoms with Gasteiger partial charge in [0.1, 0.15) is 0 Å². The van der Waals surface area contributed by atoms with E-state index in [-0.39, 0.29) is 11.2 Å². The zero-order valence-electron chi connectivity index (χ0n) is 13.4. The van der Waals surface area contributed by atoms with Crippen molar-refractivity contribution in [2.75, 3.05) is 6.54 Å². The molecule has 0 aliphatic heterocycles. The summed E-state index contributed by atoms with van der Waals surface area (Å²) in [6.07, 6.45) is 2.48. The maximum Gasteiger partial charge on any atom is 0.233 e. The van der Waals surface area contributed by atoms with Crippen LogP contribution in [0.3, 0.4) is 0 Å². The Bertz CT molecular complexity index is 885. The normalized spacial score (nSPS) is 12.3. The van der Waals surface area contributed by atoms with Crippen LogP contribution in [0.4, 0.5) is 0 Å². The van der Waals surface area contributed by atoms with Gasteiger partial charge in [-0.25, -0.2) is 0 Å². The molecule has 0 saturated heterocycles. The van der Waals surface area contributed by atoms with Crippen LogP contribution < -0.4 is 5.32 Å². The first-order valence-corrected chi connectivity index (χ1v) is 9.36. The fourth-order valence-electron chi connectivity index (χ4n) is 2.31. The van der Waals surface area contributed by atoms with Crippen LogP contribution in [0.5, 0.6) is 0 Å². The van der Waals surface area contributed by atoms with Crippen molar-refractivity contribution in [3.63, 3.8) is 0 Å². The molecule has 1 amide bonds. The number of carbonyl (C=O) groups excluding carboxylic acids is 1. The van der Waals surface area contributed by atoms with Gasteiger partial charge in [-0.2, -0.15) is 0 Å². The van der Waals surface area contributed by atoms with Gasteiger partial charge in [0, 0.05) is 12.7 Å². The molecule has 1 N–H and O–H groups in total. The summed E-state index contributed by atoms with van der Waals surface area (Å²) in [6.45, 7) is 2.42. The number of nitrogens with zero attached hydrogens (tertiary/aromatic N) is 3. The van der Waals surface area contributed by atoms with Gasteiger partial charge in [-0.15, -0.1) is 10.2 Å². The topological polar surface area (TPSA) is 59.3 Å². The second-order valence-corrected chi connectivity index (χ2v) is 7.62. The van der Waals surface area contributed by atoms with Crippen LogP contribution in [0.1, 0.15) is 12.5 Å². The van der Waals surface area contributed by atoms with Crippen molar-refractivity contribution in [2.24, 2.45) is 0 Å². The summed E-state index contributed by atoms with van der Waals surface area (Å²) < 4.78 is 1.70. The first kappa shape index (κ1) is 18.0. The number of rotatable bonds is 6. The smallest absolute Gasteiger partial charge is 0.233 e. The third kappa shape index (κ3) is 4.45. The highest BCUT2D eigenvalue weighted by Gasteiger charge is 2.18. The van der Waals surface area contributed by atoms with E-state index in [1.807, 2.05) is 37.3 Å². The maximum absolute atomic E-state index is 12.3. The quantitative estimate of drug-likeness (QED) is 0.644. The minimum absolute atomic E-state index is 0.0502. The highest BCUT2D eigenvalue weighted by molar-refractivity contribution is 8.00. The highest BCUT2D eigenvalue weighted by Crippen LogP contribution is 2.27. The van der Waals surface area contributed by atoms with Gasteiger partial charge in [0.25, 0.3) is 0 Å². The fraction of sp³-hybridized carbons (Fsp3) is 0.235. The number of hydrogen-bond donors (Lipinski definition) is 1. The lowest BCUT2D eigenvalue weighted by atomic mass is 10.1. The Labute approximate surface area is 159 Å². The maximum atomic E-state index is 12.3. The van der Waals surface area contributed by atoms with Crippen LogP contribution in [0, 0.1) is 0 Å². The molecule has 5 nitrogen and oxygen atoms in total. The highest BCUT2D eigenvalue weighted by atomic mass is 35.5. The molecule has 3 aromatic rings. The van der Waals surface area contributed by atoms with Gasteiger partial charge in [-0.05, 0) is 25.0 Å². The molecule has 3 rings (SSSR count). The number of aromatic nitrogens is 3. The summed E-state index contributed by atoms with van der Waals surface area (Å²) in [4.78, 5) is 12.3. The predicted octanol–water partition coefficient (Wildman–Crippen LogP) is 3.88. The lowest BCUT2D eigenvalue weighted by Gasteiger charge is -2.11. The Kier molecular flexibility index (Phi) is 5.83. The van der Waals surface area contributed by atoms with E-state index in [0.29, 0.717) is 27.4 Å². The lowest BCUT2D eigenvalue weighted by Crippen LogP contribution is -2.32. The van der Waals surface area contributed by atoms with Gasteiger partial charge in [0.05, 0.1) is 15.3 Å². The van der Waals surface area contributed by atoms with Crippen molar-refractivity contribution >= 4 is 46.5 Å². The first-order chi connectivity index (χ1) is 12.0. The van der Waals surface area contributed by atoms with Crippen molar-refractivity contribution in [1.29, 1.82) is 0 Å². The second-order valence-electron chi connectivity index (χ2n) is 5.47. The number of thioether (sulfide) groups is 1. The Morgan fingerprint density at radius 3 is 2.80 bits per heavy atom. The molecule has 2 aromatic heterocycles. The third-order valence-electron chi connectivity index (χ3n) is 3.60. The van der Waals surface area contributed by atoms with Gasteiger partial charge < -0.3 is 5.32 Å². The SMILES string of the molecule is C[C@@H](Sc1nnc2c(Cl)cc(Cl)cn12)C(=O)NCCc1ccccc1. The average molecular weight is 395 g/mol. The van der Waals surface area contributed by atoms with Crippen molar-refractivity contribution in [1.82, 2.24) is 19.9 Å². The molecule has 8 heteroatoms. The number of nitrogens with one attached hydrogen (secondary N) is 1. The molecule has 1 aromatic carbocycles. The first-order valence-electron chi connectivity index (χ1n) is 7.72. The largest absolute Gasteiger partial charge is 0.355 e. The van der Waals surface area contributed by atoms with Crippen LogP contribution in [-0.2, 0) is 11.2 Å². The summed E-state index contributed by atoms with van der Waals surface area (Å²) in [7, 11) is 0. The minimum Gasteiger partial charge on any atom is -0.355 e. The van der Waals surface area contributed by atoms with E-state index in [9.17, 15) is 4.79 Å². The van der Waals surface area contributed by atoms with Gasteiger partial charge in [0.15, 0.2) is 10.8 Å². The number of fused-ring (bicyclic) bond motifs is 1. The van der Waals surface area contributed by atoms with Crippen LogP contribution in [-0.4, -0.2) is 32.3 Å². The Morgan fingerprint density at radius 1 is 1.28 bits per heavy atom. The Hall–Kier alpha value is -1.76. The summed E-state index contributed by atoms with van der Waals surface area (Å²) in [5, 5.41) is 12.3. The molecule has 2 heterocycles. The van der Waals surface area contributed by atoms with Gasteiger partial charge in [-0.1, -0.05) is 65.3 Å². The van der Waals surface area contributed by atoms with E-state index in [2.05, 4.69) is 15.5 Å². The molecular formula is C17H16Cl2N4OS. The molecule has 130 valence electrons. The van der Waals surface area contributed by atoms with Crippen molar-refractivity contribution < 1.29 is 4.79 Å². The molecule has 0 saturated carbocycles. The van der Waals surface area contributed by atoms with Crippen LogP contribution in [0.2, 0.25) is 10.0 Å². The van der Waals surface area contributed by atoms with Crippen LogP contribution >= 0.6 is 35.0 Å². The summed E-state index contributed by atoms with van der Waals surface area (Å²) >= 11 is 13.4. The fourth-order valence-corrected chi connectivity index (χ4v) is 3.67. The third-order valence-corrected chi connectivity index (χ3v) is 5.14. The van der Waals surface area contributed by atoms with E-state index < -0.39 is 0 Å². The number of benzene rings is 1. The molecule has 0 radical (unpaired) electrons. The number of pyridine rings is 1. The molecule has 0 bridgehead atoms. The van der Waals surface area contributed by atoms with E-state index >= 15 is 0 Å². The molecule has 0 aliphatic carbocycles. The van der Waals surface area contributed by atoms with Crippen molar-refractivity contribution in [2.45, 2.75) is 23.8 Å². The Morgan fingerprint density at radius 2 is 2.04 bits per heavy atom. The monoisotopic (exact) mass is 394 g/mol. The number of halogens is 2. The minimum atomic E-state index is -0.319. The summed E-state index contributed by atoms with van der Waals surface area (Å²) in [6, 6.07) is 11.6. The number of amides is 1. The average Bonchev–Trinajstić information content (AvgIpc) is 2.98. The molecule has 1 atom stereocenters. The zero-order chi connectivity index (χ0) is 17.8. The van der Waals surface area contributed by atoms with Gasteiger partial charge in [0.2, 0.25) is 5.91 Å². The standard InChI is InChI=1S/C17H16Cl2N4OS/c1-11(16(24)20-8-7-12-5-3-2-4-6-12)25-17-22-21-15-14(19)9-13(18)10-23(15)17/h2-6,9-11H,7-8H2,1H3,(H,20,24)/t11-/m1/s1. The molecule has 25 heavy (non-hydrogen) atoms. The molecule has 0 fully saturated rings. The molecule has 0 unspecified atom stereocenters. The van der Waals surface area contributed by atoms with Gasteiger partial charge in [-0.3, -0.25) is 9.20 Å². The van der Waals surface area contributed by atoms with E-state index in [4.69, 9.17) is 23.2 Å².